The predicted molar refractivity (Wildman–Crippen MR) is 61.7 cm³/mol. The Kier molecular flexibility index (Phi) is 4.10. The van der Waals surface area contributed by atoms with Crippen molar-refractivity contribution >= 4 is 11.8 Å². The molecule has 0 aromatic carbocycles. The van der Waals surface area contributed by atoms with Crippen molar-refractivity contribution in [3.63, 3.8) is 0 Å². The maximum absolute atomic E-state index is 8.66. The van der Waals surface area contributed by atoms with Gasteiger partial charge in [-0.3, -0.25) is 0 Å². The van der Waals surface area contributed by atoms with E-state index in [9.17, 15) is 0 Å². The SMILES string of the molecule is Cc1nc(SCC(C)C#N)nc(C)c1C. The molecule has 4 heteroatoms. The molecule has 0 fully saturated rings. The first-order valence-electron chi connectivity index (χ1n) is 4.89. The second kappa shape index (κ2) is 5.13. The molecule has 1 unspecified atom stereocenters. The van der Waals surface area contributed by atoms with Gasteiger partial charge in [0, 0.05) is 17.1 Å². The van der Waals surface area contributed by atoms with E-state index in [1.165, 1.54) is 0 Å². The quantitative estimate of drug-likeness (QED) is 0.581. The highest BCUT2D eigenvalue weighted by Crippen LogP contribution is 2.19. The fourth-order valence-electron chi connectivity index (χ4n) is 1.04. The molecule has 3 nitrogen and oxygen atoms in total. The van der Waals surface area contributed by atoms with Crippen molar-refractivity contribution in [2.24, 2.45) is 5.92 Å². The molecule has 0 N–H and O–H groups in total. The molecule has 0 bridgehead atoms. The molecular weight excluding hydrogens is 206 g/mol. The number of nitrogens with zero attached hydrogens (tertiary/aromatic N) is 3. The first-order valence-corrected chi connectivity index (χ1v) is 5.87. The Labute approximate surface area is 94.9 Å². The molecule has 0 saturated carbocycles. The predicted octanol–water partition coefficient (Wildman–Crippen LogP) is 2.65. The Morgan fingerprint density at radius 2 is 1.80 bits per heavy atom. The zero-order valence-electron chi connectivity index (χ0n) is 9.53. The Balaban J connectivity index is 2.76. The van der Waals surface area contributed by atoms with Gasteiger partial charge in [0.1, 0.15) is 0 Å². The molecule has 1 heterocycles. The Hall–Kier alpha value is -1.08. The van der Waals surface area contributed by atoms with E-state index in [0.29, 0.717) is 0 Å². The van der Waals surface area contributed by atoms with Crippen LogP contribution >= 0.6 is 11.8 Å². The number of rotatable bonds is 3. The lowest BCUT2D eigenvalue weighted by Crippen LogP contribution is -2.00. The van der Waals surface area contributed by atoms with Gasteiger partial charge in [-0.15, -0.1) is 0 Å². The largest absolute Gasteiger partial charge is 0.228 e. The van der Waals surface area contributed by atoms with Crippen LogP contribution in [-0.2, 0) is 0 Å². The fourth-order valence-corrected chi connectivity index (χ4v) is 1.92. The van der Waals surface area contributed by atoms with Crippen molar-refractivity contribution in [3.8, 4) is 6.07 Å². The van der Waals surface area contributed by atoms with Crippen molar-refractivity contribution in [1.29, 1.82) is 5.26 Å². The van der Waals surface area contributed by atoms with Gasteiger partial charge < -0.3 is 0 Å². The van der Waals surface area contributed by atoms with Crippen molar-refractivity contribution < 1.29 is 0 Å². The van der Waals surface area contributed by atoms with E-state index in [-0.39, 0.29) is 5.92 Å². The molecule has 1 rings (SSSR count). The second-order valence-electron chi connectivity index (χ2n) is 3.64. The van der Waals surface area contributed by atoms with Crippen molar-refractivity contribution in [1.82, 2.24) is 9.97 Å². The average molecular weight is 221 g/mol. The summed E-state index contributed by atoms with van der Waals surface area (Å²) in [6.45, 7) is 7.90. The monoisotopic (exact) mass is 221 g/mol. The molecular formula is C11H15N3S. The van der Waals surface area contributed by atoms with Crippen LogP contribution in [0.25, 0.3) is 0 Å². The van der Waals surface area contributed by atoms with E-state index in [1.54, 1.807) is 11.8 Å². The van der Waals surface area contributed by atoms with Gasteiger partial charge in [0.05, 0.1) is 12.0 Å². The number of aromatic nitrogens is 2. The number of aryl methyl sites for hydroxylation is 2. The van der Waals surface area contributed by atoms with E-state index >= 15 is 0 Å². The minimum Gasteiger partial charge on any atom is -0.228 e. The maximum Gasteiger partial charge on any atom is 0.188 e. The highest BCUT2D eigenvalue weighted by molar-refractivity contribution is 7.99. The van der Waals surface area contributed by atoms with Crippen LogP contribution in [0.2, 0.25) is 0 Å². The minimum atomic E-state index is 0.0421. The molecule has 0 aliphatic carbocycles. The number of hydrogen-bond donors (Lipinski definition) is 0. The zero-order valence-corrected chi connectivity index (χ0v) is 10.4. The fraction of sp³-hybridized carbons (Fsp3) is 0.545. The Morgan fingerprint density at radius 1 is 1.27 bits per heavy atom. The average Bonchev–Trinajstić information content (AvgIpc) is 2.22. The smallest absolute Gasteiger partial charge is 0.188 e. The highest BCUT2D eigenvalue weighted by Gasteiger charge is 2.07. The van der Waals surface area contributed by atoms with Crippen molar-refractivity contribution in [2.45, 2.75) is 32.9 Å². The third-order valence-corrected chi connectivity index (χ3v) is 3.40. The van der Waals surface area contributed by atoms with Gasteiger partial charge in [0.2, 0.25) is 0 Å². The van der Waals surface area contributed by atoms with Crippen LogP contribution in [0.3, 0.4) is 0 Å². The molecule has 0 amide bonds. The summed E-state index contributed by atoms with van der Waals surface area (Å²) in [6.07, 6.45) is 0. The van der Waals surface area contributed by atoms with Gasteiger partial charge in [0.25, 0.3) is 0 Å². The zero-order chi connectivity index (χ0) is 11.4. The lowest BCUT2D eigenvalue weighted by atomic mass is 10.2. The molecule has 1 aromatic heterocycles. The maximum atomic E-state index is 8.66. The topological polar surface area (TPSA) is 49.6 Å². The van der Waals surface area contributed by atoms with Gasteiger partial charge in [-0.2, -0.15) is 5.26 Å². The molecule has 1 atom stereocenters. The van der Waals surface area contributed by atoms with E-state index in [2.05, 4.69) is 16.0 Å². The van der Waals surface area contributed by atoms with Crippen LogP contribution in [-0.4, -0.2) is 15.7 Å². The third kappa shape index (κ3) is 3.21. The van der Waals surface area contributed by atoms with Crippen LogP contribution in [0, 0.1) is 38.0 Å². The first-order chi connectivity index (χ1) is 7.04. The van der Waals surface area contributed by atoms with Gasteiger partial charge in [-0.25, -0.2) is 9.97 Å². The molecule has 15 heavy (non-hydrogen) atoms. The second-order valence-corrected chi connectivity index (χ2v) is 4.63. The lowest BCUT2D eigenvalue weighted by Gasteiger charge is -2.06. The van der Waals surface area contributed by atoms with Crippen molar-refractivity contribution in [3.05, 3.63) is 17.0 Å². The third-order valence-electron chi connectivity index (χ3n) is 2.29. The summed E-state index contributed by atoms with van der Waals surface area (Å²) in [5, 5.41) is 9.44. The Bertz CT molecular complexity index is 372. The summed E-state index contributed by atoms with van der Waals surface area (Å²) in [5.74, 6) is 0.791. The molecule has 0 aliphatic rings. The van der Waals surface area contributed by atoms with E-state index < -0.39 is 0 Å². The minimum absolute atomic E-state index is 0.0421. The van der Waals surface area contributed by atoms with Crippen LogP contribution in [0.15, 0.2) is 5.16 Å². The molecule has 0 radical (unpaired) electrons. The summed E-state index contributed by atoms with van der Waals surface area (Å²) in [5.41, 5.74) is 3.19. The molecule has 0 aliphatic heterocycles. The van der Waals surface area contributed by atoms with Gasteiger partial charge in [0.15, 0.2) is 5.16 Å². The summed E-state index contributed by atoms with van der Waals surface area (Å²) >= 11 is 1.55. The Morgan fingerprint density at radius 3 is 2.27 bits per heavy atom. The number of hydrogen-bond acceptors (Lipinski definition) is 4. The van der Waals surface area contributed by atoms with E-state index in [1.807, 2.05) is 27.7 Å². The normalized spacial score (nSPS) is 12.2. The van der Waals surface area contributed by atoms with E-state index in [4.69, 9.17) is 5.26 Å². The highest BCUT2D eigenvalue weighted by atomic mass is 32.2. The molecule has 80 valence electrons. The molecule has 0 spiro atoms. The van der Waals surface area contributed by atoms with Crippen LogP contribution in [0.4, 0.5) is 0 Å². The number of thioether (sulfide) groups is 1. The van der Waals surface area contributed by atoms with Gasteiger partial charge in [-0.05, 0) is 33.3 Å². The van der Waals surface area contributed by atoms with Crippen LogP contribution in [0.5, 0.6) is 0 Å². The van der Waals surface area contributed by atoms with Crippen LogP contribution < -0.4 is 0 Å². The summed E-state index contributed by atoms with van der Waals surface area (Å²) < 4.78 is 0. The van der Waals surface area contributed by atoms with E-state index in [0.717, 1.165) is 27.9 Å². The lowest BCUT2D eigenvalue weighted by molar-refractivity contribution is 0.844. The summed E-state index contributed by atoms with van der Waals surface area (Å²) in [4.78, 5) is 8.76. The summed E-state index contributed by atoms with van der Waals surface area (Å²) in [6, 6.07) is 2.20. The van der Waals surface area contributed by atoms with Gasteiger partial charge >= 0.3 is 0 Å². The standard InChI is InChI=1S/C11H15N3S/c1-7(5-12)6-15-11-13-9(3)8(2)10(4)14-11/h7H,6H2,1-4H3. The van der Waals surface area contributed by atoms with Crippen LogP contribution in [0.1, 0.15) is 23.9 Å². The number of nitriles is 1. The first kappa shape index (κ1) is 12.0. The molecule has 1 aromatic rings. The van der Waals surface area contributed by atoms with Gasteiger partial charge in [-0.1, -0.05) is 11.8 Å². The van der Waals surface area contributed by atoms with Crippen molar-refractivity contribution in [2.75, 3.05) is 5.75 Å². The summed E-state index contributed by atoms with van der Waals surface area (Å²) in [7, 11) is 0. The molecule has 0 saturated heterocycles.